The van der Waals surface area contributed by atoms with Gasteiger partial charge < -0.3 is 14.4 Å². The van der Waals surface area contributed by atoms with Gasteiger partial charge in [0.15, 0.2) is 0 Å². The zero-order valence-electron chi connectivity index (χ0n) is 11.2. The molecule has 1 aromatic rings. The van der Waals surface area contributed by atoms with Crippen molar-refractivity contribution in [1.29, 1.82) is 0 Å². The second-order valence-electron chi connectivity index (χ2n) is 5.11. The maximum absolute atomic E-state index is 12.2. The Balaban J connectivity index is 1.71. The van der Waals surface area contributed by atoms with E-state index in [1.807, 2.05) is 4.90 Å². The number of rotatable bonds is 3. The molecule has 6 heteroatoms. The lowest BCUT2D eigenvalue weighted by Gasteiger charge is -2.16. The number of hydrogen-bond acceptors (Lipinski definition) is 4. The van der Waals surface area contributed by atoms with Crippen molar-refractivity contribution in [2.45, 2.75) is 25.4 Å². The number of hydrogen-bond donors (Lipinski definition) is 0. The summed E-state index contributed by atoms with van der Waals surface area (Å²) in [6.45, 7) is 2.89. The summed E-state index contributed by atoms with van der Waals surface area (Å²) in [5, 5.41) is 0.377. The van der Waals surface area contributed by atoms with E-state index < -0.39 is 0 Å². The van der Waals surface area contributed by atoms with Gasteiger partial charge in [-0.25, -0.2) is 4.98 Å². The Labute approximate surface area is 122 Å². The summed E-state index contributed by atoms with van der Waals surface area (Å²) in [6.07, 6.45) is 4.51. The van der Waals surface area contributed by atoms with Crippen molar-refractivity contribution in [2.75, 3.05) is 26.3 Å². The number of carbonyl (C=O) groups is 1. The summed E-state index contributed by atoms with van der Waals surface area (Å²) in [5.41, 5.74) is 0.520. The molecule has 1 atom stereocenters. The SMILES string of the molecule is O=C(c1cnc(O[C@H]2CCOC2)c(Cl)c1)N1CCCC1. The molecule has 0 unspecified atom stereocenters. The number of likely N-dealkylation sites (tertiary alicyclic amines) is 1. The Kier molecular flexibility index (Phi) is 4.08. The fourth-order valence-corrected chi connectivity index (χ4v) is 2.71. The Morgan fingerprint density at radius 2 is 2.25 bits per heavy atom. The van der Waals surface area contributed by atoms with Crippen molar-refractivity contribution in [3.8, 4) is 5.88 Å². The van der Waals surface area contributed by atoms with Crippen LogP contribution in [-0.2, 0) is 4.74 Å². The zero-order chi connectivity index (χ0) is 13.9. The van der Waals surface area contributed by atoms with Crippen molar-refractivity contribution < 1.29 is 14.3 Å². The highest BCUT2D eigenvalue weighted by Crippen LogP contribution is 2.26. The molecule has 5 nitrogen and oxygen atoms in total. The van der Waals surface area contributed by atoms with Crippen LogP contribution in [0.1, 0.15) is 29.6 Å². The highest BCUT2D eigenvalue weighted by atomic mass is 35.5. The Morgan fingerprint density at radius 1 is 1.45 bits per heavy atom. The number of amides is 1. The van der Waals surface area contributed by atoms with Gasteiger partial charge in [-0.1, -0.05) is 11.6 Å². The molecule has 3 rings (SSSR count). The molecule has 0 saturated carbocycles. The van der Waals surface area contributed by atoms with E-state index in [4.69, 9.17) is 21.1 Å². The normalized spacial score (nSPS) is 22.2. The van der Waals surface area contributed by atoms with Gasteiger partial charge in [0.2, 0.25) is 5.88 Å². The number of carbonyl (C=O) groups excluding carboxylic acids is 1. The highest BCUT2D eigenvalue weighted by molar-refractivity contribution is 6.32. The number of ether oxygens (including phenoxy) is 2. The first-order valence-electron chi connectivity index (χ1n) is 6.93. The Bertz CT molecular complexity index is 497. The maximum Gasteiger partial charge on any atom is 0.255 e. The first-order valence-corrected chi connectivity index (χ1v) is 7.31. The first-order chi connectivity index (χ1) is 9.74. The number of halogens is 1. The largest absolute Gasteiger partial charge is 0.471 e. The first kappa shape index (κ1) is 13.6. The van der Waals surface area contributed by atoms with Crippen LogP contribution in [0.4, 0.5) is 0 Å². The summed E-state index contributed by atoms with van der Waals surface area (Å²) >= 11 is 6.16. The fourth-order valence-electron chi connectivity index (χ4n) is 2.50. The Morgan fingerprint density at radius 3 is 2.90 bits per heavy atom. The van der Waals surface area contributed by atoms with Gasteiger partial charge in [0.05, 0.1) is 18.8 Å². The van der Waals surface area contributed by atoms with Crippen molar-refractivity contribution >= 4 is 17.5 Å². The molecule has 2 aliphatic heterocycles. The minimum Gasteiger partial charge on any atom is -0.471 e. The lowest BCUT2D eigenvalue weighted by molar-refractivity contribution is 0.0792. The number of pyridine rings is 1. The molecule has 0 aromatic carbocycles. The third-order valence-corrected chi connectivity index (χ3v) is 3.88. The van der Waals surface area contributed by atoms with Crippen molar-refractivity contribution in [1.82, 2.24) is 9.88 Å². The molecular weight excluding hydrogens is 280 g/mol. The van der Waals surface area contributed by atoms with Crippen LogP contribution in [0.5, 0.6) is 5.88 Å². The van der Waals surface area contributed by atoms with E-state index in [1.54, 1.807) is 6.07 Å². The summed E-state index contributed by atoms with van der Waals surface area (Å²) in [5.74, 6) is 0.368. The summed E-state index contributed by atoms with van der Waals surface area (Å²) < 4.78 is 10.9. The zero-order valence-corrected chi connectivity index (χ0v) is 11.9. The molecule has 2 aliphatic rings. The molecule has 20 heavy (non-hydrogen) atoms. The minimum absolute atomic E-state index is 0.000124. The lowest BCUT2D eigenvalue weighted by atomic mass is 10.2. The fraction of sp³-hybridized carbons (Fsp3) is 0.571. The van der Waals surface area contributed by atoms with Crippen LogP contribution in [0.2, 0.25) is 5.02 Å². The average molecular weight is 297 g/mol. The van der Waals surface area contributed by atoms with Crippen LogP contribution in [-0.4, -0.2) is 48.2 Å². The van der Waals surface area contributed by atoms with E-state index in [9.17, 15) is 4.79 Å². The van der Waals surface area contributed by atoms with E-state index in [-0.39, 0.29) is 12.0 Å². The molecule has 1 amide bonds. The van der Waals surface area contributed by atoms with Gasteiger partial charge in [-0.15, -0.1) is 0 Å². The van der Waals surface area contributed by atoms with Gasteiger partial charge in [0.25, 0.3) is 5.91 Å². The molecular formula is C14H17ClN2O3. The number of aromatic nitrogens is 1. The molecule has 0 bridgehead atoms. The molecule has 0 spiro atoms. The van der Waals surface area contributed by atoms with E-state index in [0.29, 0.717) is 29.7 Å². The van der Waals surface area contributed by atoms with Gasteiger partial charge in [0.1, 0.15) is 11.1 Å². The molecule has 1 aromatic heterocycles. The van der Waals surface area contributed by atoms with Crippen molar-refractivity contribution in [3.05, 3.63) is 22.8 Å². The molecule has 0 N–H and O–H groups in total. The highest BCUT2D eigenvalue weighted by Gasteiger charge is 2.22. The molecule has 0 radical (unpaired) electrons. The molecule has 2 saturated heterocycles. The van der Waals surface area contributed by atoms with Gasteiger partial charge >= 0.3 is 0 Å². The van der Waals surface area contributed by atoms with E-state index >= 15 is 0 Å². The number of nitrogens with zero attached hydrogens (tertiary/aromatic N) is 2. The third kappa shape index (κ3) is 2.88. The summed E-state index contributed by atoms with van der Waals surface area (Å²) in [6, 6.07) is 1.64. The van der Waals surface area contributed by atoms with Crippen LogP contribution in [0, 0.1) is 0 Å². The van der Waals surface area contributed by atoms with Crippen LogP contribution < -0.4 is 4.74 Å². The lowest BCUT2D eigenvalue weighted by Crippen LogP contribution is -2.27. The minimum atomic E-state index is -0.00681. The summed E-state index contributed by atoms with van der Waals surface area (Å²) in [4.78, 5) is 18.2. The van der Waals surface area contributed by atoms with Gasteiger partial charge in [-0.2, -0.15) is 0 Å². The topological polar surface area (TPSA) is 51.7 Å². The average Bonchev–Trinajstić information content (AvgIpc) is 3.12. The molecule has 3 heterocycles. The summed E-state index contributed by atoms with van der Waals surface area (Å²) in [7, 11) is 0. The van der Waals surface area contributed by atoms with Crippen LogP contribution in [0.3, 0.4) is 0 Å². The second-order valence-corrected chi connectivity index (χ2v) is 5.52. The third-order valence-electron chi connectivity index (χ3n) is 3.61. The van der Waals surface area contributed by atoms with Crippen LogP contribution >= 0.6 is 11.6 Å². The monoisotopic (exact) mass is 296 g/mol. The predicted octanol–water partition coefficient (Wildman–Crippen LogP) is 2.14. The van der Waals surface area contributed by atoms with Gasteiger partial charge in [-0.3, -0.25) is 4.79 Å². The van der Waals surface area contributed by atoms with E-state index in [2.05, 4.69) is 4.98 Å². The predicted molar refractivity (Wildman–Crippen MR) is 74.2 cm³/mol. The maximum atomic E-state index is 12.2. The van der Waals surface area contributed by atoms with E-state index in [1.165, 1.54) is 6.20 Å². The second kappa shape index (κ2) is 5.97. The standard InChI is InChI=1S/C14H17ClN2O3/c15-12-7-10(14(18)17-4-1-2-5-17)8-16-13(12)20-11-3-6-19-9-11/h7-8,11H,1-6,9H2/t11-/m0/s1. The van der Waals surface area contributed by atoms with E-state index in [0.717, 1.165) is 32.4 Å². The molecule has 2 fully saturated rings. The Hall–Kier alpha value is -1.33. The van der Waals surface area contributed by atoms with Crippen LogP contribution in [0.15, 0.2) is 12.3 Å². The smallest absolute Gasteiger partial charge is 0.255 e. The molecule has 108 valence electrons. The van der Waals surface area contributed by atoms with Crippen molar-refractivity contribution in [2.24, 2.45) is 0 Å². The van der Waals surface area contributed by atoms with Gasteiger partial charge in [-0.05, 0) is 18.9 Å². The van der Waals surface area contributed by atoms with Crippen LogP contribution in [0.25, 0.3) is 0 Å². The molecule has 0 aliphatic carbocycles. The van der Waals surface area contributed by atoms with Crippen molar-refractivity contribution in [3.63, 3.8) is 0 Å². The van der Waals surface area contributed by atoms with Gasteiger partial charge in [0, 0.05) is 25.7 Å². The quantitative estimate of drug-likeness (QED) is 0.857.